The minimum Gasteiger partial charge on any atom is -0.444 e. The molecule has 2 radical (unpaired) electrons. The number of nitrogens with one attached hydrogen (secondary N) is 1. The van der Waals surface area contributed by atoms with Gasteiger partial charge in [-0.15, -0.1) is 0 Å². The van der Waals surface area contributed by atoms with Crippen molar-refractivity contribution in [1.29, 1.82) is 0 Å². The van der Waals surface area contributed by atoms with Crippen LogP contribution in [-0.2, 0) is 22.5 Å². The first-order valence-corrected chi connectivity index (χ1v) is 10.5. The maximum atomic E-state index is 13.6. The largest absolute Gasteiger partial charge is 0.444 e. The zero-order valence-corrected chi connectivity index (χ0v) is 18.2. The highest BCUT2D eigenvalue weighted by Crippen LogP contribution is 2.46. The Morgan fingerprint density at radius 1 is 1.38 bits per heavy atom. The summed E-state index contributed by atoms with van der Waals surface area (Å²) in [6, 6.07) is 1.87. The lowest BCUT2D eigenvalue weighted by atomic mass is 9.74. The van der Waals surface area contributed by atoms with Gasteiger partial charge in [-0.25, -0.2) is 4.79 Å². The number of amides is 2. The number of aromatic nitrogens is 1. The van der Waals surface area contributed by atoms with Gasteiger partial charge in [-0.1, -0.05) is 25.4 Å². The van der Waals surface area contributed by atoms with Crippen LogP contribution in [0.3, 0.4) is 0 Å². The van der Waals surface area contributed by atoms with Crippen LogP contribution < -0.4 is 10.8 Å². The van der Waals surface area contributed by atoms with E-state index in [2.05, 4.69) is 24.1 Å². The molecular weight excluding hydrogens is 365 g/mol. The number of fused-ring (bicyclic) bond motifs is 1. The van der Waals surface area contributed by atoms with Gasteiger partial charge in [0.25, 0.3) is 0 Å². The van der Waals surface area contributed by atoms with E-state index in [-0.39, 0.29) is 17.9 Å². The fourth-order valence-electron chi connectivity index (χ4n) is 4.57. The predicted molar refractivity (Wildman–Crippen MR) is 113 cm³/mol. The van der Waals surface area contributed by atoms with Gasteiger partial charge in [0.15, 0.2) is 0 Å². The summed E-state index contributed by atoms with van der Waals surface area (Å²) in [6.45, 7) is 11.0. The molecule has 1 aromatic heterocycles. The molecule has 3 rings (SSSR count). The van der Waals surface area contributed by atoms with E-state index in [0.29, 0.717) is 25.0 Å². The third-order valence-corrected chi connectivity index (χ3v) is 6.15. The quantitative estimate of drug-likeness (QED) is 0.796. The summed E-state index contributed by atoms with van der Waals surface area (Å²) in [4.78, 5) is 32.2. The van der Waals surface area contributed by atoms with Gasteiger partial charge in [0.05, 0.1) is 5.41 Å². The summed E-state index contributed by atoms with van der Waals surface area (Å²) in [5, 5.41) is 2.97. The fourth-order valence-corrected chi connectivity index (χ4v) is 4.57. The van der Waals surface area contributed by atoms with Crippen molar-refractivity contribution in [2.24, 2.45) is 11.3 Å². The van der Waals surface area contributed by atoms with E-state index in [4.69, 9.17) is 12.6 Å². The number of rotatable bonds is 3. The summed E-state index contributed by atoms with van der Waals surface area (Å²) >= 11 is 0. The fraction of sp³-hybridized carbons (Fsp3) is 0.682. The van der Waals surface area contributed by atoms with Crippen molar-refractivity contribution in [3.63, 3.8) is 0 Å². The molecule has 7 heteroatoms. The van der Waals surface area contributed by atoms with Crippen molar-refractivity contribution in [2.75, 3.05) is 6.54 Å². The zero-order valence-electron chi connectivity index (χ0n) is 18.2. The maximum absolute atomic E-state index is 13.6. The molecule has 1 N–H and O–H groups in total. The topological polar surface area (TPSA) is 71.5 Å². The first-order valence-electron chi connectivity index (χ1n) is 10.5. The van der Waals surface area contributed by atoms with E-state index in [1.54, 1.807) is 6.20 Å². The predicted octanol–water partition coefficient (Wildman–Crippen LogP) is 2.48. The Morgan fingerprint density at radius 2 is 2.10 bits per heavy atom. The number of ether oxygens (including phenoxy) is 1. The Balaban J connectivity index is 1.71. The van der Waals surface area contributed by atoms with Crippen LogP contribution >= 0.6 is 0 Å². The Bertz CT molecular complexity index is 790. The number of carbonyl (C=O) groups is 2. The Labute approximate surface area is 175 Å². The van der Waals surface area contributed by atoms with Gasteiger partial charge in [0.1, 0.15) is 13.4 Å². The van der Waals surface area contributed by atoms with Gasteiger partial charge in [-0.2, -0.15) is 0 Å². The number of hydrogen-bond donors (Lipinski definition) is 1. The molecular formula is C22H32BN3O3. The highest BCUT2D eigenvalue weighted by Gasteiger charge is 2.50. The Hall–Kier alpha value is -2.05. The standard InChI is InChI=1S/C22H32BN3O3/c1-14(2)22(8-6-17(11-22)25-20(28)29-21(3,4)5)19(27)26-9-7-18-15(13-26)10-16(23)12-24-18/h10,12,14,17H,6-9,11,13H2,1-5H3,(H,25,28)/t17-,22+/m1/s1. The maximum Gasteiger partial charge on any atom is 0.407 e. The summed E-state index contributed by atoms with van der Waals surface area (Å²) in [6.07, 6.45) is 4.19. The van der Waals surface area contributed by atoms with Crippen LogP contribution in [0.15, 0.2) is 12.3 Å². The third kappa shape index (κ3) is 4.76. The number of alkyl carbamates (subject to hydrolysis) is 1. The second kappa shape index (κ2) is 8.00. The number of pyridine rings is 1. The molecule has 1 saturated carbocycles. The normalized spacial score (nSPS) is 24.3. The van der Waals surface area contributed by atoms with Crippen molar-refractivity contribution in [2.45, 2.75) is 78.5 Å². The van der Waals surface area contributed by atoms with Crippen molar-refractivity contribution < 1.29 is 14.3 Å². The molecule has 2 atom stereocenters. The average Bonchev–Trinajstić information content (AvgIpc) is 3.03. The number of carbonyl (C=O) groups excluding carboxylic acids is 2. The van der Waals surface area contributed by atoms with Crippen LogP contribution in [0.2, 0.25) is 0 Å². The van der Waals surface area contributed by atoms with E-state index in [1.165, 1.54) is 0 Å². The zero-order chi connectivity index (χ0) is 21.4. The molecule has 2 amide bonds. The van der Waals surface area contributed by atoms with E-state index >= 15 is 0 Å². The van der Waals surface area contributed by atoms with Crippen LogP contribution in [0, 0.1) is 11.3 Å². The van der Waals surface area contributed by atoms with Crippen LogP contribution in [-0.4, -0.2) is 47.9 Å². The molecule has 156 valence electrons. The van der Waals surface area contributed by atoms with Gasteiger partial charge in [0.2, 0.25) is 5.91 Å². The van der Waals surface area contributed by atoms with Crippen molar-refractivity contribution in [3.8, 4) is 0 Å². The monoisotopic (exact) mass is 397 g/mol. The molecule has 6 nitrogen and oxygen atoms in total. The highest BCUT2D eigenvalue weighted by molar-refractivity contribution is 6.32. The van der Waals surface area contributed by atoms with E-state index in [9.17, 15) is 9.59 Å². The van der Waals surface area contributed by atoms with Gasteiger partial charge < -0.3 is 15.0 Å². The van der Waals surface area contributed by atoms with E-state index in [0.717, 1.165) is 30.5 Å². The lowest BCUT2D eigenvalue weighted by molar-refractivity contribution is -0.145. The molecule has 0 aromatic carbocycles. The van der Waals surface area contributed by atoms with Gasteiger partial charge >= 0.3 is 6.09 Å². The van der Waals surface area contributed by atoms with Gasteiger partial charge in [-0.05, 0) is 51.5 Å². The molecule has 1 aliphatic carbocycles. The summed E-state index contributed by atoms with van der Waals surface area (Å²) in [5.74, 6) is 0.356. The van der Waals surface area contributed by atoms with Crippen LogP contribution in [0.25, 0.3) is 0 Å². The molecule has 1 aromatic rings. The molecule has 0 bridgehead atoms. The minimum atomic E-state index is -0.537. The molecule has 0 saturated heterocycles. The van der Waals surface area contributed by atoms with Crippen molar-refractivity contribution in [1.82, 2.24) is 15.2 Å². The lowest BCUT2D eigenvalue weighted by Crippen LogP contribution is -2.48. The first kappa shape index (κ1) is 21.7. The molecule has 1 fully saturated rings. The summed E-state index contributed by atoms with van der Waals surface area (Å²) in [7, 11) is 5.89. The van der Waals surface area contributed by atoms with Gasteiger partial charge in [0, 0.05) is 37.4 Å². The Morgan fingerprint density at radius 3 is 2.76 bits per heavy atom. The second-order valence-corrected chi connectivity index (χ2v) is 9.75. The van der Waals surface area contributed by atoms with Crippen LogP contribution in [0.4, 0.5) is 4.79 Å². The summed E-state index contributed by atoms with van der Waals surface area (Å²) in [5.41, 5.74) is 1.68. The Kier molecular flexibility index (Phi) is 5.97. The number of nitrogens with zero attached hydrogens (tertiary/aromatic N) is 2. The smallest absolute Gasteiger partial charge is 0.407 e. The minimum absolute atomic E-state index is 0.0504. The molecule has 1 aliphatic heterocycles. The average molecular weight is 397 g/mol. The lowest BCUT2D eigenvalue weighted by Gasteiger charge is -2.39. The van der Waals surface area contributed by atoms with E-state index < -0.39 is 17.1 Å². The van der Waals surface area contributed by atoms with E-state index in [1.807, 2.05) is 31.7 Å². The molecule has 0 unspecified atom stereocenters. The van der Waals surface area contributed by atoms with Crippen LogP contribution in [0.1, 0.15) is 65.1 Å². The third-order valence-electron chi connectivity index (χ3n) is 6.15. The molecule has 2 heterocycles. The molecule has 0 spiro atoms. The molecule has 29 heavy (non-hydrogen) atoms. The van der Waals surface area contributed by atoms with Crippen LogP contribution in [0.5, 0.6) is 0 Å². The highest BCUT2D eigenvalue weighted by atomic mass is 16.6. The van der Waals surface area contributed by atoms with Crippen molar-refractivity contribution in [3.05, 3.63) is 23.5 Å². The molecule has 2 aliphatic rings. The van der Waals surface area contributed by atoms with Gasteiger partial charge in [-0.3, -0.25) is 9.78 Å². The van der Waals surface area contributed by atoms with Crippen molar-refractivity contribution >= 4 is 25.3 Å². The number of hydrogen-bond acceptors (Lipinski definition) is 4. The first-order chi connectivity index (χ1) is 13.5. The summed E-state index contributed by atoms with van der Waals surface area (Å²) < 4.78 is 5.39. The SMILES string of the molecule is [B]c1cnc2c(c1)CN(C(=O)[C@@]1(C(C)C)CC[C@@H](NC(=O)OC(C)(C)C)C1)CC2. The second-order valence-electron chi connectivity index (χ2n) is 9.75.